The highest BCUT2D eigenvalue weighted by Gasteiger charge is 2.08. The fraction of sp³-hybridized carbons (Fsp3) is 0.357. The zero-order valence-corrected chi connectivity index (χ0v) is 12.9. The average Bonchev–Trinajstić information content (AvgIpc) is 2.48. The largest absolute Gasteiger partial charge is 0.467 e. The van der Waals surface area contributed by atoms with E-state index in [1.165, 1.54) is 12.7 Å². The van der Waals surface area contributed by atoms with E-state index >= 15 is 0 Å². The molecule has 0 amide bonds. The van der Waals surface area contributed by atoms with Gasteiger partial charge in [-0.15, -0.1) is 0 Å². The molecule has 0 saturated heterocycles. The minimum atomic E-state index is 0.261. The van der Waals surface area contributed by atoms with Gasteiger partial charge in [0.2, 0.25) is 11.9 Å². The molecule has 7 nitrogen and oxygen atoms in total. The van der Waals surface area contributed by atoms with Crippen molar-refractivity contribution in [2.24, 2.45) is 0 Å². The maximum absolute atomic E-state index is 5.07. The van der Waals surface area contributed by atoms with E-state index < -0.39 is 0 Å². The van der Waals surface area contributed by atoms with Crippen LogP contribution in [0, 0.1) is 6.92 Å². The zero-order valence-electron chi connectivity index (χ0n) is 12.9. The van der Waals surface area contributed by atoms with E-state index in [0.717, 1.165) is 11.4 Å². The highest BCUT2D eigenvalue weighted by Crippen LogP contribution is 2.24. The Labute approximate surface area is 124 Å². The Balaban J connectivity index is 2.31. The Morgan fingerprint density at radius 2 is 1.81 bits per heavy atom. The second-order valence-electron chi connectivity index (χ2n) is 4.74. The fourth-order valence-electron chi connectivity index (χ4n) is 1.91. The molecule has 1 aromatic heterocycles. The summed E-state index contributed by atoms with van der Waals surface area (Å²) in [7, 11) is 7.29. The standard InChI is InChI=1S/C14H20N6O/c1-9-6-7-10(8-11(9)20(3)4)16-13-17-12(15-2)18-14(19-13)21-5/h6-8H,1-5H3,(H2,15,16,17,18,19). The van der Waals surface area contributed by atoms with E-state index in [1.807, 2.05) is 26.2 Å². The summed E-state index contributed by atoms with van der Waals surface area (Å²) in [6.45, 7) is 2.07. The third-order valence-corrected chi connectivity index (χ3v) is 2.97. The van der Waals surface area contributed by atoms with Gasteiger partial charge in [0.15, 0.2) is 0 Å². The summed E-state index contributed by atoms with van der Waals surface area (Å²) in [4.78, 5) is 14.6. The molecule has 0 aliphatic carbocycles. The van der Waals surface area contributed by atoms with E-state index in [0.29, 0.717) is 11.9 Å². The molecule has 21 heavy (non-hydrogen) atoms. The Morgan fingerprint density at radius 1 is 1.10 bits per heavy atom. The first kappa shape index (κ1) is 14.8. The van der Waals surface area contributed by atoms with Crippen LogP contribution < -0.4 is 20.3 Å². The maximum atomic E-state index is 5.07. The molecule has 0 saturated carbocycles. The first-order valence-electron chi connectivity index (χ1n) is 6.56. The van der Waals surface area contributed by atoms with Gasteiger partial charge in [-0.2, -0.15) is 15.0 Å². The first-order valence-corrected chi connectivity index (χ1v) is 6.56. The predicted molar refractivity (Wildman–Crippen MR) is 84.7 cm³/mol. The normalized spacial score (nSPS) is 10.1. The number of ether oxygens (including phenoxy) is 1. The molecule has 0 spiro atoms. The average molecular weight is 288 g/mol. The van der Waals surface area contributed by atoms with Gasteiger partial charge in [0.25, 0.3) is 0 Å². The van der Waals surface area contributed by atoms with Gasteiger partial charge in [0, 0.05) is 32.5 Å². The van der Waals surface area contributed by atoms with Gasteiger partial charge in [-0.05, 0) is 24.6 Å². The third-order valence-electron chi connectivity index (χ3n) is 2.97. The minimum absolute atomic E-state index is 0.261. The van der Waals surface area contributed by atoms with Crippen molar-refractivity contribution < 1.29 is 4.74 Å². The van der Waals surface area contributed by atoms with Crippen molar-refractivity contribution in [2.45, 2.75) is 6.92 Å². The van der Waals surface area contributed by atoms with Crippen LogP contribution in [0.3, 0.4) is 0 Å². The van der Waals surface area contributed by atoms with Crippen LogP contribution >= 0.6 is 0 Å². The third kappa shape index (κ3) is 3.50. The number of methoxy groups -OCH3 is 1. The van der Waals surface area contributed by atoms with Crippen molar-refractivity contribution in [2.75, 3.05) is 43.8 Å². The van der Waals surface area contributed by atoms with Gasteiger partial charge < -0.3 is 20.3 Å². The molecule has 0 aliphatic heterocycles. The molecular weight excluding hydrogens is 268 g/mol. The zero-order chi connectivity index (χ0) is 15.4. The Morgan fingerprint density at radius 3 is 2.43 bits per heavy atom. The SMILES string of the molecule is CNc1nc(Nc2ccc(C)c(N(C)C)c2)nc(OC)n1. The van der Waals surface area contributed by atoms with Crippen molar-refractivity contribution in [3.05, 3.63) is 23.8 Å². The molecule has 0 aliphatic rings. The summed E-state index contributed by atoms with van der Waals surface area (Å²) in [5, 5.41) is 6.04. The molecule has 2 rings (SSSR count). The van der Waals surface area contributed by atoms with Crippen LogP contribution in [0.15, 0.2) is 18.2 Å². The topological polar surface area (TPSA) is 75.2 Å². The second kappa shape index (κ2) is 6.25. The molecule has 0 radical (unpaired) electrons. The van der Waals surface area contributed by atoms with Crippen molar-refractivity contribution >= 4 is 23.3 Å². The highest BCUT2D eigenvalue weighted by molar-refractivity contribution is 5.65. The van der Waals surface area contributed by atoms with Crippen LogP contribution in [0.2, 0.25) is 0 Å². The Kier molecular flexibility index (Phi) is 4.42. The van der Waals surface area contributed by atoms with E-state index in [9.17, 15) is 0 Å². The Hall–Kier alpha value is -2.57. The van der Waals surface area contributed by atoms with E-state index in [2.05, 4.69) is 43.5 Å². The van der Waals surface area contributed by atoms with Crippen LogP contribution in [-0.2, 0) is 0 Å². The monoisotopic (exact) mass is 288 g/mol. The molecule has 0 unspecified atom stereocenters. The van der Waals surface area contributed by atoms with Crippen LogP contribution in [0.25, 0.3) is 0 Å². The minimum Gasteiger partial charge on any atom is -0.467 e. The second-order valence-corrected chi connectivity index (χ2v) is 4.74. The van der Waals surface area contributed by atoms with Crippen molar-refractivity contribution in [1.82, 2.24) is 15.0 Å². The lowest BCUT2D eigenvalue weighted by atomic mass is 10.1. The molecule has 1 heterocycles. The lowest BCUT2D eigenvalue weighted by Gasteiger charge is -2.17. The number of hydrogen-bond donors (Lipinski definition) is 2. The Bertz CT molecular complexity index is 607. The molecule has 0 bridgehead atoms. The number of rotatable bonds is 5. The summed E-state index contributed by atoms with van der Waals surface area (Å²) >= 11 is 0. The van der Waals surface area contributed by atoms with E-state index in [-0.39, 0.29) is 6.01 Å². The lowest BCUT2D eigenvalue weighted by molar-refractivity contribution is 0.379. The number of aryl methyl sites for hydroxylation is 1. The molecule has 7 heteroatoms. The van der Waals surface area contributed by atoms with Crippen molar-refractivity contribution in [3.63, 3.8) is 0 Å². The molecule has 2 aromatic rings. The van der Waals surface area contributed by atoms with Crippen LogP contribution in [0.1, 0.15) is 5.56 Å². The van der Waals surface area contributed by atoms with Gasteiger partial charge in [-0.25, -0.2) is 0 Å². The molecule has 0 fully saturated rings. The smallest absolute Gasteiger partial charge is 0.322 e. The van der Waals surface area contributed by atoms with Gasteiger partial charge in [0.1, 0.15) is 0 Å². The molecule has 2 N–H and O–H groups in total. The van der Waals surface area contributed by atoms with Gasteiger partial charge in [0.05, 0.1) is 7.11 Å². The summed E-state index contributed by atoms with van der Waals surface area (Å²) in [6.07, 6.45) is 0. The van der Waals surface area contributed by atoms with E-state index in [4.69, 9.17) is 4.74 Å². The van der Waals surface area contributed by atoms with Crippen LogP contribution in [-0.4, -0.2) is 43.2 Å². The predicted octanol–water partition coefficient (Wildman–Crippen LogP) is 2.04. The molecule has 1 aromatic carbocycles. The summed E-state index contributed by atoms with van der Waals surface area (Å²) < 4.78 is 5.07. The maximum Gasteiger partial charge on any atom is 0.322 e. The summed E-state index contributed by atoms with van der Waals surface area (Å²) in [5.41, 5.74) is 3.24. The van der Waals surface area contributed by atoms with Gasteiger partial charge in [-0.3, -0.25) is 0 Å². The lowest BCUT2D eigenvalue weighted by Crippen LogP contribution is -2.11. The quantitative estimate of drug-likeness (QED) is 0.872. The van der Waals surface area contributed by atoms with Crippen LogP contribution in [0.5, 0.6) is 6.01 Å². The van der Waals surface area contributed by atoms with Gasteiger partial charge >= 0.3 is 6.01 Å². The fourth-order valence-corrected chi connectivity index (χ4v) is 1.91. The summed E-state index contributed by atoms with van der Waals surface area (Å²) in [5.74, 6) is 0.879. The molecule has 0 atom stereocenters. The van der Waals surface area contributed by atoms with Crippen molar-refractivity contribution in [3.8, 4) is 6.01 Å². The van der Waals surface area contributed by atoms with E-state index in [1.54, 1.807) is 7.05 Å². The highest BCUT2D eigenvalue weighted by atomic mass is 16.5. The number of anilines is 4. The number of nitrogens with one attached hydrogen (secondary N) is 2. The van der Waals surface area contributed by atoms with Crippen molar-refractivity contribution in [1.29, 1.82) is 0 Å². The van der Waals surface area contributed by atoms with Crippen LogP contribution in [0.4, 0.5) is 23.3 Å². The first-order chi connectivity index (χ1) is 10.0. The van der Waals surface area contributed by atoms with Gasteiger partial charge in [-0.1, -0.05) is 6.07 Å². The molecular formula is C14H20N6O. The number of aromatic nitrogens is 3. The molecule has 112 valence electrons. The number of nitrogens with zero attached hydrogens (tertiary/aromatic N) is 4. The number of hydrogen-bond acceptors (Lipinski definition) is 7. The summed E-state index contributed by atoms with van der Waals surface area (Å²) in [6, 6.07) is 6.34. The number of benzene rings is 1.